The average molecular weight is 303 g/mol. The molecule has 0 spiro atoms. The van der Waals surface area contributed by atoms with Crippen LogP contribution < -0.4 is 15.9 Å². The molecule has 0 unspecified atom stereocenters. The smallest absolute Gasteiger partial charge is 0.0239 e. The second-order valence-corrected chi connectivity index (χ2v) is 7.65. The summed E-state index contributed by atoms with van der Waals surface area (Å²) in [4.78, 5) is 0. The number of hydrogen-bond acceptors (Lipinski definition) is 0. The standard InChI is InChI=1S/C21H20P/c1-16-10-4-7-13-19(16)22(20-14-8-5-11-17(20)2)21-15-9-6-12-18(21)3/h4-15H,1H2,2-3H3/q-1. The summed E-state index contributed by atoms with van der Waals surface area (Å²) in [6.07, 6.45) is 0. The fourth-order valence-corrected chi connectivity index (χ4v) is 5.45. The van der Waals surface area contributed by atoms with Gasteiger partial charge in [-0.3, -0.25) is 0 Å². The summed E-state index contributed by atoms with van der Waals surface area (Å²) >= 11 is 0. The second-order valence-electron chi connectivity index (χ2n) is 5.54. The molecule has 0 nitrogen and oxygen atoms in total. The van der Waals surface area contributed by atoms with E-state index in [0.717, 1.165) is 5.56 Å². The molecular weight excluding hydrogens is 283 g/mol. The SMILES string of the molecule is [CH2-]c1ccccc1P(c1ccccc1C)c1ccccc1C. The van der Waals surface area contributed by atoms with Crippen molar-refractivity contribution in [3.63, 3.8) is 0 Å². The summed E-state index contributed by atoms with van der Waals surface area (Å²) in [6, 6.07) is 26.0. The van der Waals surface area contributed by atoms with Gasteiger partial charge >= 0.3 is 0 Å². The molecule has 0 aliphatic heterocycles. The van der Waals surface area contributed by atoms with Crippen LogP contribution in [0, 0.1) is 20.8 Å². The fourth-order valence-electron chi connectivity index (χ4n) is 2.75. The first-order valence-electron chi connectivity index (χ1n) is 7.51. The van der Waals surface area contributed by atoms with E-state index in [1.54, 1.807) is 0 Å². The molecule has 0 aliphatic rings. The Morgan fingerprint density at radius 1 is 0.591 bits per heavy atom. The van der Waals surface area contributed by atoms with Crippen molar-refractivity contribution in [1.82, 2.24) is 0 Å². The maximum Gasteiger partial charge on any atom is -0.0239 e. The Hall–Kier alpha value is -2.04. The van der Waals surface area contributed by atoms with Crippen molar-refractivity contribution >= 4 is 23.8 Å². The monoisotopic (exact) mass is 303 g/mol. The number of rotatable bonds is 3. The molecule has 0 heterocycles. The molecule has 0 saturated heterocycles. The lowest BCUT2D eigenvalue weighted by Gasteiger charge is -2.29. The van der Waals surface area contributed by atoms with Gasteiger partial charge in [0.25, 0.3) is 0 Å². The van der Waals surface area contributed by atoms with Crippen molar-refractivity contribution in [3.8, 4) is 0 Å². The van der Waals surface area contributed by atoms with Crippen LogP contribution in [0.15, 0.2) is 72.8 Å². The van der Waals surface area contributed by atoms with Crippen molar-refractivity contribution in [2.45, 2.75) is 13.8 Å². The highest BCUT2D eigenvalue weighted by Crippen LogP contribution is 2.36. The minimum atomic E-state index is -0.571. The van der Waals surface area contributed by atoms with Gasteiger partial charge in [-0.25, -0.2) is 0 Å². The topological polar surface area (TPSA) is 0 Å². The number of hydrogen-bond donors (Lipinski definition) is 0. The normalized spacial score (nSPS) is 10.9. The predicted molar refractivity (Wildman–Crippen MR) is 99.1 cm³/mol. The third-order valence-corrected chi connectivity index (χ3v) is 6.83. The van der Waals surface area contributed by atoms with Crippen molar-refractivity contribution in [1.29, 1.82) is 0 Å². The molecule has 0 aromatic heterocycles. The lowest BCUT2D eigenvalue weighted by Crippen LogP contribution is -2.25. The van der Waals surface area contributed by atoms with E-state index < -0.39 is 7.92 Å². The van der Waals surface area contributed by atoms with Gasteiger partial charge in [-0.05, 0) is 35.6 Å². The van der Waals surface area contributed by atoms with Crippen LogP contribution in [0.1, 0.15) is 16.7 Å². The lowest BCUT2D eigenvalue weighted by molar-refractivity contribution is 1.50. The first-order valence-corrected chi connectivity index (χ1v) is 8.85. The Bertz CT molecular complexity index is 681. The maximum absolute atomic E-state index is 4.27. The molecule has 0 bridgehead atoms. The van der Waals surface area contributed by atoms with Crippen molar-refractivity contribution in [2.24, 2.45) is 0 Å². The van der Waals surface area contributed by atoms with Crippen LogP contribution >= 0.6 is 7.92 Å². The van der Waals surface area contributed by atoms with Gasteiger partial charge in [0.1, 0.15) is 0 Å². The minimum absolute atomic E-state index is 0.571. The zero-order chi connectivity index (χ0) is 15.5. The summed E-state index contributed by atoms with van der Waals surface area (Å²) in [5.74, 6) is 0. The lowest BCUT2D eigenvalue weighted by atomic mass is 10.2. The van der Waals surface area contributed by atoms with E-state index in [9.17, 15) is 0 Å². The van der Waals surface area contributed by atoms with E-state index in [-0.39, 0.29) is 0 Å². The predicted octanol–water partition coefficient (Wildman–Crippen LogP) is 4.24. The van der Waals surface area contributed by atoms with Crippen LogP contribution in [0.4, 0.5) is 0 Å². The van der Waals surface area contributed by atoms with Gasteiger partial charge in [-0.15, -0.1) is 17.4 Å². The molecule has 0 N–H and O–H groups in total. The van der Waals surface area contributed by atoms with Gasteiger partial charge in [-0.2, -0.15) is 18.6 Å². The molecule has 0 aliphatic carbocycles. The molecule has 3 aromatic carbocycles. The summed E-state index contributed by atoms with van der Waals surface area (Å²) in [6.45, 7) is 8.67. The molecular formula is C21H20P-. The molecule has 0 amide bonds. The summed E-state index contributed by atoms with van der Waals surface area (Å²) in [5.41, 5.74) is 3.82. The number of aryl methyl sites for hydroxylation is 2. The first kappa shape index (κ1) is 14.9. The van der Waals surface area contributed by atoms with E-state index in [4.69, 9.17) is 0 Å². The van der Waals surface area contributed by atoms with E-state index in [1.165, 1.54) is 27.0 Å². The zero-order valence-electron chi connectivity index (χ0n) is 13.1. The molecule has 0 radical (unpaired) electrons. The largest absolute Gasteiger partial charge is 0.198 e. The third-order valence-electron chi connectivity index (χ3n) is 3.95. The van der Waals surface area contributed by atoms with Crippen LogP contribution in [0.3, 0.4) is 0 Å². The van der Waals surface area contributed by atoms with Gasteiger partial charge in [0.2, 0.25) is 0 Å². The molecule has 22 heavy (non-hydrogen) atoms. The second kappa shape index (κ2) is 6.38. The Labute approximate surface area is 134 Å². The molecule has 0 fully saturated rings. The van der Waals surface area contributed by atoms with Crippen LogP contribution in [0.5, 0.6) is 0 Å². The Morgan fingerprint density at radius 3 is 1.45 bits per heavy atom. The Balaban J connectivity index is 2.27. The van der Waals surface area contributed by atoms with E-state index in [2.05, 4.69) is 93.6 Å². The van der Waals surface area contributed by atoms with Gasteiger partial charge in [0, 0.05) is 0 Å². The Morgan fingerprint density at radius 2 is 1.00 bits per heavy atom. The highest BCUT2D eigenvalue weighted by molar-refractivity contribution is 7.80. The van der Waals surface area contributed by atoms with Crippen LogP contribution in [-0.2, 0) is 0 Å². The fraction of sp³-hybridized carbons (Fsp3) is 0.0952. The van der Waals surface area contributed by atoms with Crippen LogP contribution in [0.2, 0.25) is 0 Å². The quantitative estimate of drug-likeness (QED) is 0.501. The highest BCUT2D eigenvalue weighted by Gasteiger charge is 2.16. The average Bonchev–Trinajstić information content (AvgIpc) is 2.53. The molecule has 3 aromatic rings. The van der Waals surface area contributed by atoms with Gasteiger partial charge < -0.3 is 0 Å². The van der Waals surface area contributed by atoms with Crippen molar-refractivity contribution in [2.75, 3.05) is 0 Å². The minimum Gasteiger partial charge on any atom is -0.198 e. The Kier molecular flexibility index (Phi) is 4.32. The molecule has 1 heteroatoms. The molecule has 0 atom stereocenters. The molecule has 110 valence electrons. The third kappa shape index (κ3) is 2.80. The van der Waals surface area contributed by atoms with Crippen LogP contribution in [-0.4, -0.2) is 0 Å². The first-order chi connectivity index (χ1) is 10.7. The van der Waals surface area contributed by atoms with Crippen molar-refractivity contribution < 1.29 is 0 Å². The van der Waals surface area contributed by atoms with Crippen LogP contribution in [0.25, 0.3) is 0 Å². The maximum atomic E-state index is 4.27. The summed E-state index contributed by atoms with van der Waals surface area (Å²) in [7, 11) is -0.571. The van der Waals surface area contributed by atoms with E-state index in [1.807, 2.05) is 0 Å². The van der Waals surface area contributed by atoms with Gasteiger partial charge in [0.15, 0.2) is 0 Å². The van der Waals surface area contributed by atoms with Gasteiger partial charge in [0.05, 0.1) is 0 Å². The summed E-state index contributed by atoms with van der Waals surface area (Å²) < 4.78 is 0. The molecule has 0 saturated carbocycles. The van der Waals surface area contributed by atoms with E-state index in [0.29, 0.717) is 0 Å². The number of benzene rings is 3. The summed E-state index contributed by atoms with van der Waals surface area (Å²) in [5, 5.41) is 4.19. The van der Waals surface area contributed by atoms with Gasteiger partial charge in [-0.1, -0.05) is 62.5 Å². The van der Waals surface area contributed by atoms with Crippen molar-refractivity contribution in [3.05, 3.63) is 96.4 Å². The molecule has 3 rings (SSSR count). The highest BCUT2D eigenvalue weighted by atomic mass is 31.1. The van der Waals surface area contributed by atoms with E-state index >= 15 is 0 Å². The zero-order valence-corrected chi connectivity index (χ0v) is 14.0.